The molecule has 2 aromatic rings. The summed E-state index contributed by atoms with van der Waals surface area (Å²) in [6.07, 6.45) is 1.14. The lowest BCUT2D eigenvalue weighted by atomic mass is 9.96. The fourth-order valence-electron chi connectivity index (χ4n) is 3.06. The van der Waals surface area contributed by atoms with Gasteiger partial charge in [-0.05, 0) is 23.3 Å². The first-order valence-corrected chi connectivity index (χ1v) is 8.49. The average Bonchev–Trinajstić information content (AvgIpc) is 2.93. The minimum atomic E-state index is -1.99. The van der Waals surface area contributed by atoms with E-state index in [1.54, 1.807) is 37.6 Å². The molecule has 3 rings (SSSR count). The molecule has 0 spiro atoms. The summed E-state index contributed by atoms with van der Waals surface area (Å²) < 4.78 is 9.82. The van der Waals surface area contributed by atoms with Gasteiger partial charge in [0.2, 0.25) is 11.5 Å². The lowest BCUT2D eigenvalue weighted by molar-refractivity contribution is -0.163. The van der Waals surface area contributed by atoms with E-state index >= 15 is 0 Å². The first-order valence-electron chi connectivity index (χ1n) is 8.49. The van der Waals surface area contributed by atoms with E-state index in [0.717, 1.165) is 5.56 Å². The maximum Gasteiger partial charge on any atom is 0.310 e. The van der Waals surface area contributed by atoms with Gasteiger partial charge >= 0.3 is 5.97 Å². The Balaban J connectivity index is 1.97. The van der Waals surface area contributed by atoms with Crippen molar-refractivity contribution < 1.29 is 24.2 Å². The summed E-state index contributed by atoms with van der Waals surface area (Å²) in [5.74, 6) is -0.530. The van der Waals surface area contributed by atoms with Gasteiger partial charge in [-0.1, -0.05) is 42.5 Å². The van der Waals surface area contributed by atoms with Crippen LogP contribution in [0.3, 0.4) is 0 Å². The first-order chi connectivity index (χ1) is 13.0. The topological polar surface area (TPSA) is 76.1 Å². The summed E-state index contributed by atoms with van der Waals surface area (Å²) in [5.41, 5.74) is -0.112. The highest BCUT2D eigenvalue weighted by Gasteiger charge is 2.49. The third kappa shape index (κ3) is 3.71. The maximum absolute atomic E-state index is 13.0. The number of rotatable bonds is 6. The number of benzene rings is 2. The van der Waals surface area contributed by atoms with Gasteiger partial charge in [0, 0.05) is 18.3 Å². The van der Waals surface area contributed by atoms with Crippen LogP contribution in [0.4, 0.5) is 0 Å². The molecule has 1 heterocycles. The van der Waals surface area contributed by atoms with Crippen molar-refractivity contribution in [2.45, 2.75) is 18.7 Å². The molecule has 0 bridgehead atoms. The minimum absolute atomic E-state index is 0.278. The van der Waals surface area contributed by atoms with Gasteiger partial charge in [-0.15, -0.1) is 0 Å². The fourth-order valence-corrected chi connectivity index (χ4v) is 3.06. The smallest absolute Gasteiger partial charge is 0.310 e. The van der Waals surface area contributed by atoms with Gasteiger partial charge in [0.15, 0.2) is 0 Å². The Labute approximate surface area is 157 Å². The maximum atomic E-state index is 13.0. The van der Waals surface area contributed by atoms with Crippen LogP contribution < -0.4 is 4.74 Å². The number of hydrogen-bond donors (Lipinski definition) is 1. The van der Waals surface area contributed by atoms with Crippen molar-refractivity contribution in [1.29, 1.82) is 0 Å². The molecule has 0 aromatic heterocycles. The number of methoxy groups -OCH3 is 2. The van der Waals surface area contributed by atoms with Crippen LogP contribution in [0, 0.1) is 0 Å². The van der Waals surface area contributed by atoms with Crippen LogP contribution in [-0.2, 0) is 20.9 Å². The molecule has 2 aromatic carbocycles. The molecule has 1 N–H and O–H groups in total. The molecule has 27 heavy (non-hydrogen) atoms. The highest BCUT2D eigenvalue weighted by molar-refractivity contribution is 6.26. The molecule has 1 aliphatic rings. The Kier molecular flexibility index (Phi) is 5.28. The van der Waals surface area contributed by atoms with E-state index in [2.05, 4.69) is 4.74 Å². The Morgan fingerprint density at radius 3 is 2.33 bits per heavy atom. The summed E-state index contributed by atoms with van der Waals surface area (Å²) >= 11 is 0. The van der Waals surface area contributed by atoms with Gasteiger partial charge in [0.25, 0.3) is 0 Å². The molecular formula is C21H21NO5. The molecule has 0 saturated heterocycles. The van der Waals surface area contributed by atoms with Gasteiger partial charge in [0.1, 0.15) is 12.2 Å². The highest BCUT2D eigenvalue weighted by Crippen LogP contribution is 2.36. The van der Waals surface area contributed by atoms with Crippen molar-refractivity contribution in [3.05, 3.63) is 71.9 Å². The number of esters is 1. The number of hydrogen-bond acceptors (Lipinski definition) is 6. The second-order valence-corrected chi connectivity index (χ2v) is 6.28. The molecular weight excluding hydrogens is 346 g/mol. The van der Waals surface area contributed by atoms with E-state index in [1.165, 1.54) is 12.0 Å². The molecule has 6 heteroatoms. The lowest BCUT2D eigenvalue weighted by Crippen LogP contribution is -2.49. The molecule has 0 fully saturated rings. The predicted octanol–water partition coefficient (Wildman–Crippen LogP) is 2.37. The molecule has 1 unspecified atom stereocenters. The zero-order chi connectivity index (χ0) is 19.4. The Hall–Kier alpha value is -3.12. The second kappa shape index (κ2) is 7.63. The zero-order valence-electron chi connectivity index (χ0n) is 15.2. The predicted molar refractivity (Wildman–Crippen MR) is 99.5 cm³/mol. The van der Waals surface area contributed by atoms with E-state index in [9.17, 15) is 14.7 Å². The number of ketones is 1. The number of ether oxygens (including phenoxy) is 2. The first kappa shape index (κ1) is 18.7. The number of Topliss-reactive ketones (excluding diaryl/α,β-unsaturated/α-hetero) is 1. The second-order valence-electron chi connectivity index (χ2n) is 6.28. The molecule has 0 radical (unpaired) electrons. The van der Waals surface area contributed by atoms with Gasteiger partial charge in [-0.2, -0.15) is 0 Å². The SMILES string of the molecule is COC(=O)CC1(O)C(=O)C(c2ccc(OC)cc2)=CN1Cc1ccccc1. The van der Waals surface area contributed by atoms with Crippen LogP contribution in [0.25, 0.3) is 5.57 Å². The summed E-state index contributed by atoms with van der Waals surface area (Å²) in [7, 11) is 2.79. The van der Waals surface area contributed by atoms with Crippen molar-refractivity contribution in [3.63, 3.8) is 0 Å². The van der Waals surface area contributed by atoms with Crippen molar-refractivity contribution in [3.8, 4) is 5.75 Å². The molecule has 140 valence electrons. The van der Waals surface area contributed by atoms with Crippen molar-refractivity contribution in [2.75, 3.05) is 14.2 Å². The molecule has 0 saturated carbocycles. The summed E-state index contributed by atoms with van der Waals surface area (Å²) in [4.78, 5) is 26.4. The Bertz CT molecular complexity index is 860. The summed E-state index contributed by atoms with van der Waals surface area (Å²) in [6, 6.07) is 16.4. The standard InChI is InChI=1S/C21H21NO5/c1-26-17-10-8-16(9-11-17)18-14-22(13-15-6-4-3-5-7-15)21(25,20(18)24)12-19(23)27-2/h3-11,14,25H,12-13H2,1-2H3. The van der Waals surface area contributed by atoms with E-state index < -0.39 is 23.9 Å². The van der Waals surface area contributed by atoms with Crippen molar-refractivity contribution in [2.24, 2.45) is 0 Å². The third-order valence-corrected chi connectivity index (χ3v) is 4.58. The van der Waals surface area contributed by atoms with Crippen LogP contribution >= 0.6 is 0 Å². The quantitative estimate of drug-likeness (QED) is 0.790. The van der Waals surface area contributed by atoms with Gasteiger partial charge in [-0.25, -0.2) is 0 Å². The molecule has 1 aliphatic heterocycles. The average molecular weight is 367 g/mol. The van der Waals surface area contributed by atoms with Crippen molar-refractivity contribution >= 4 is 17.3 Å². The van der Waals surface area contributed by atoms with Gasteiger partial charge < -0.3 is 19.5 Å². The van der Waals surface area contributed by atoms with E-state index in [-0.39, 0.29) is 6.54 Å². The number of carbonyl (C=O) groups is 2. The van der Waals surface area contributed by atoms with E-state index in [1.807, 2.05) is 30.3 Å². The lowest BCUT2D eigenvalue weighted by Gasteiger charge is -2.32. The van der Waals surface area contributed by atoms with Gasteiger partial charge in [0.05, 0.1) is 14.2 Å². The van der Waals surface area contributed by atoms with Crippen LogP contribution in [0.5, 0.6) is 5.75 Å². The Morgan fingerprint density at radius 2 is 1.74 bits per heavy atom. The van der Waals surface area contributed by atoms with E-state index in [0.29, 0.717) is 16.9 Å². The van der Waals surface area contributed by atoms with Gasteiger partial charge in [-0.3, -0.25) is 9.59 Å². The third-order valence-electron chi connectivity index (χ3n) is 4.58. The largest absolute Gasteiger partial charge is 0.497 e. The van der Waals surface area contributed by atoms with Crippen LogP contribution in [0.1, 0.15) is 17.5 Å². The molecule has 1 atom stereocenters. The van der Waals surface area contributed by atoms with Crippen LogP contribution in [-0.4, -0.2) is 41.7 Å². The summed E-state index contributed by atoms with van der Waals surface area (Å²) in [6.45, 7) is 0.278. The fraction of sp³-hybridized carbons (Fsp3) is 0.238. The number of aliphatic hydroxyl groups is 1. The number of nitrogens with zero attached hydrogens (tertiary/aromatic N) is 1. The van der Waals surface area contributed by atoms with E-state index in [4.69, 9.17) is 4.74 Å². The Morgan fingerprint density at radius 1 is 1.07 bits per heavy atom. The summed E-state index contributed by atoms with van der Waals surface area (Å²) in [5, 5.41) is 11.1. The normalized spacial score (nSPS) is 19.0. The molecule has 0 aliphatic carbocycles. The molecule has 0 amide bonds. The van der Waals surface area contributed by atoms with Crippen molar-refractivity contribution in [1.82, 2.24) is 4.90 Å². The minimum Gasteiger partial charge on any atom is -0.497 e. The van der Waals surface area contributed by atoms with Crippen LogP contribution in [0.2, 0.25) is 0 Å². The highest BCUT2D eigenvalue weighted by atomic mass is 16.5. The molecule has 6 nitrogen and oxygen atoms in total. The zero-order valence-corrected chi connectivity index (χ0v) is 15.2. The van der Waals surface area contributed by atoms with Crippen LogP contribution in [0.15, 0.2) is 60.8 Å². The monoisotopic (exact) mass is 367 g/mol. The number of carbonyl (C=O) groups excluding carboxylic acids is 2.